The fourth-order valence-corrected chi connectivity index (χ4v) is 5.31. The third-order valence-electron chi connectivity index (χ3n) is 6.14. The molecule has 5 fully saturated rings. The molecule has 0 atom stereocenters. The summed E-state index contributed by atoms with van der Waals surface area (Å²) in [6.07, 6.45) is 10.0. The van der Waals surface area contributed by atoms with E-state index in [1.165, 1.54) is 38.5 Å². The van der Waals surface area contributed by atoms with Gasteiger partial charge >= 0.3 is 0 Å². The molecule has 3 nitrogen and oxygen atoms in total. The van der Waals surface area contributed by atoms with Crippen molar-refractivity contribution in [2.75, 3.05) is 6.54 Å². The van der Waals surface area contributed by atoms with Crippen LogP contribution in [0.25, 0.3) is 0 Å². The van der Waals surface area contributed by atoms with E-state index >= 15 is 0 Å². The molecule has 1 amide bonds. The second kappa shape index (κ2) is 3.50. The first-order valence-corrected chi connectivity index (χ1v) is 7.66. The summed E-state index contributed by atoms with van der Waals surface area (Å²) in [5.74, 6) is 2.95. The van der Waals surface area contributed by atoms with E-state index in [-0.39, 0.29) is 16.9 Å². The van der Waals surface area contributed by atoms with Crippen LogP contribution in [-0.2, 0) is 4.79 Å². The van der Waals surface area contributed by atoms with Crippen molar-refractivity contribution in [1.82, 2.24) is 5.32 Å². The number of amides is 1. The van der Waals surface area contributed by atoms with Gasteiger partial charge in [-0.25, -0.2) is 0 Å². The van der Waals surface area contributed by atoms with E-state index in [0.717, 1.165) is 30.6 Å². The highest BCUT2D eigenvalue weighted by Crippen LogP contribution is 2.56. The predicted octanol–water partition coefficient (Wildman–Crippen LogP) is 1.81. The van der Waals surface area contributed by atoms with E-state index in [2.05, 4.69) is 5.32 Å². The lowest BCUT2D eigenvalue weighted by molar-refractivity contribution is -0.131. The average molecular weight is 248 g/mol. The summed E-state index contributed by atoms with van der Waals surface area (Å²) >= 11 is 0. The lowest BCUT2D eigenvalue weighted by atomic mass is 9.53. The lowest BCUT2D eigenvalue weighted by Crippen LogP contribution is -2.61. The van der Waals surface area contributed by atoms with Crippen molar-refractivity contribution in [2.24, 2.45) is 28.9 Å². The van der Waals surface area contributed by atoms with Gasteiger partial charge in [-0.3, -0.25) is 4.79 Å². The third kappa shape index (κ3) is 1.56. The minimum Gasteiger partial charge on any atom is -0.350 e. The lowest BCUT2D eigenvalue weighted by Gasteiger charge is -2.57. The van der Waals surface area contributed by atoms with Gasteiger partial charge in [0.15, 0.2) is 0 Å². The van der Waals surface area contributed by atoms with Crippen LogP contribution in [0, 0.1) is 23.2 Å². The maximum absolute atomic E-state index is 12.5. The summed E-state index contributed by atoms with van der Waals surface area (Å²) in [5.41, 5.74) is 5.76. The van der Waals surface area contributed by atoms with E-state index in [4.69, 9.17) is 5.73 Å². The van der Waals surface area contributed by atoms with Gasteiger partial charge in [-0.1, -0.05) is 0 Å². The summed E-state index contributed by atoms with van der Waals surface area (Å²) in [7, 11) is 0. The fraction of sp³-hybridized carbons (Fsp3) is 0.933. The standard InChI is InChI=1S/C15H24N2O/c16-9-14(1-2-14)13(18)17-15-6-10-3-11(7-15)5-12(4-10)8-15/h10-12H,1-9,16H2,(H,17,18). The zero-order valence-corrected chi connectivity index (χ0v) is 11.1. The molecule has 0 saturated heterocycles. The second-order valence-corrected chi connectivity index (χ2v) is 7.64. The van der Waals surface area contributed by atoms with Crippen molar-refractivity contribution in [3.8, 4) is 0 Å². The molecule has 0 unspecified atom stereocenters. The molecule has 18 heavy (non-hydrogen) atoms. The summed E-state index contributed by atoms with van der Waals surface area (Å²) in [4.78, 5) is 12.5. The number of hydrogen-bond donors (Lipinski definition) is 2. The van der Waals surface area contributed by atoms with E-state index in [1.807, 2.05) is 0 Å². The molecule has 5 saturated carbocycles. The molecule has 0 aromatic heterocycles. The van der Waals surface area contributed by atoms with Gasteiger partial charge in [0.2, 0.25) is 5.91 Å². The van der Waals surface area contributed by atoms with E-state index in [0.29, 0.717) is 6.54 Å². The van der Waals surface area contributed by atoms with Gasteiger partial charge in [-0.2, -0.15) is 0 Å². The summed E-state index contributed by atoms with van der Waals surface area (Å²) in [6.45, 7) is 0.533. The molecule has 0 radical (unpaired) electrons. The molecule has 0 aromatic carbocycles. The molecule has 0 aromatic rings. The number of nitrogens with one attached hydrogen (secondary N) is 1. The van der Waals surface area contributed by atoms with Crippen LogP contribution in [0.3, 0.4) is 0 Å². The molecule has 3 heteroatoms. The number of nitrogens with two attached hydrogens (primary N) is 1. The van der Waals surface area contributed by atoms with Gasteiger partial charge in [0, 0.05) is 12.1 Å². The fourth-order valence-electron chi connectivity index (χ4n) is 5.31. The van der Waals surface area contributed by atoms with E-state index < -0.39 is 0 Å². The number of carbonyl (C=O) groups excluding carboxylic acids is 1. The molecular formula is C15H24N2O. The van der Waals surface area contributed by atoms with Crippen molar-refractivity contribution in [3.05, 3.63) is 0 Å². The average Bonchev–Trinajstić information content (AvgIpc) is 3.06. The normalized spacial score (nSPS) is 47.1. The topological polar surface area (TPSA) is 55.1 Å². The second-order valence-electron chi connectivity index (χ2n) is 7.64. The molecule has 0 spiro atoms. The molecule has 5 aliphatic rings. The van der Waals surface area contributed by atoms with Crippen molar-refractivity contribution in [3.63, 3.8) is 0 Å². The quantitative estimate of drug-likeness (QED) is 0.800. The largest absolute Gasteiger partial charge is 0.350 e. The van der Waals surface area contributed by atoms with E-state index in [9.17, 15) is 4.79 Å². The maximum Gasteiger partial charge on any atom is 0.227 e. The Balaban J connectivity index is 1.52. The van der Waals surface area contributed by atoms with Crippen LogP contribution < -0.4 is 11.1 Å². The van der Waals surface area contributed by atoms with Crippen LogP contribution >= 0.6 is 0 Å². The van der Waals surface area contributed by atoms with Gasteiger partial charge in [-0.15, -0.1) is 0 Å². The smallest absolute Gasteiger partial charge is 0.227 e. The van der Waals surface area contributed by atoms with Gasteiger partial charge in [0.1, 0.15) is 0 Å². The van der Waals surface area contributed by atoms with Crippen LogP contribution in [0.2, 0.25) is 0 Å². The molecule has 3 N–H and O–H groups in total. The van der Waals surface area contributed by atoms with Gasteiger partial charge in [0.25, 0.3) is 0 Å². The van der Waals surface area contributed by atoms with Gasteiger partial charge < -0.3 is 11.1 Å². The molecule has 0 heterocycles. The number of hydrogen-bond acceptors (Lipinski definition) is 2. The third-order valence-corrected chi connectivity index (χ3v) is 6.14. The Morgan fingerprint density at radius 3 is 1.94 bits per heavy atom. The van der Waals surface area contributed by atoms with Crippen molar-refractivity contribution >= 4 is 5.91 Å². The minimum atomic E-state index is -0.177. The molecule has 5 aliphatic carbocycles. The Bertz CT molecular complexity index is 351. The molecular weight excluding hydrogens is 224 g/mol. The van der Waals surface area contributed by atoms with Gasteiger partial charge in [0.05, 0.1) is 5.41 Å². The highest BCUT2D eigenvalue weighted by Gasteiger charge is 2.55. The molecule has 4 bridgehead atoms. The van der Waals surface area contributed by atoms with Gasteiger partial charge in [-0.05, 0) is 69.1 Å². The summed E-state index contributed by atoms with van der Waals surface area (Å²) in [5, 5.41) is 3.46. The van der Waals surface area contributed by atoms with Crippen molar-refractivity contribution in [2.45, 2.75) is 56.9 Å². The molecule has 0 aliphatic heterocycles. The zero-order valence-electron chi connectivity index (χ0n) is 11.1. The van der Waals surface area contributed by atoms with Crippen LogP contribution in [0.4, 0.5) is 0 Å². The SMILES string of the molecule is NCC1(C(=O)NC23CC4CC(CC(C4)C2)C3)CC1. The Morgan fingerprint density at radius 2 is 1.56 bits per heavy atom. The summed E-state index contributed by atoms with van der Waals surface area (Å²) < 4.78 is 0. The Labute approximate surface area is 109 Å². The number of rotatable bonds is 3. The van der Waals surface area contributed by atoms with Crippen LogP contribution in [-0.4, -0.2) is 18.0 Å². The highest BCUT2D eigenvalue weighted by atomic mass is 16.2. The maximum atomic E-state index is 12.5. The first kappa shape index (κ1) is 11.3. The Kier molecular flexibility index (Phi) is 2.19. The van der Waals surface area contributed by atoms with Crippen LogP contribution in [0.15, 0.2) is 0 Å². The Hall–Kier alpha value is -0.570. The first-order valence-electron chi connectivity index (χ1n) is 7.66. The van der Waals surface area contributed by atoms with Crippen molar-refractivity contribution < 1.29 is 4.79 Å². The first-order chi connectivity index (χ1) is 8.63. The van der Waals surface area contributed by atoms with E-state index in [1.54, 1.807) is 0 Å². The minimum absolute atomic E-state index is 0.163. The Morgan fingerprint density at radius 1 is 1.06 bits per heavy atom. The van der Waals surface area contributed by atoms with Crippen LogP contribution in [0.1, 0.15) is 51.4 Å². The van der Waals surface area contributed by atoms with Crippen LogP contribution in [0.5, 0.6) is 0 Å². The molecule has 5 rings (SSSR count). The monoisotopic (exact) mass is 248 g/mol. The summed E-state index contributed by atoms with van der Waals surface area (Å²) in [6, 6.07) is 0. The highest BCUT2D eigenvalue weighted by molar-refractivity contribution is 5.86. The molecule has 100 valence electrons. The number of carbonyl (C=O) groups is 1. The van der Waals surface area contributed by atoms with Crippen molar-refractivity contribution in [1.29, 1.82) is 0 Å². The zero-order chi connectivity index (χ0) is 12.4. The predicted molar refractivity (Wildman–Crippen MR) is 69.8 cm³/mol.